The Bertz CT molecular complexity index is 170. The number of carbonyl (C=O) groups is 2. The predicted molar refractivity (Wildman–Crippen MR) is 43.5 cm³/mol. The van der Waals surface area contributed by atoms with Gasteiger partial charge in [0, 0.05) is 0 Å². The van der Waals surface area contributed by atoms with E-state index < -0.39 is 17.9 Å². The van der Waals surface area contributed by atoms with Crippen molar-refractivity contribution in [2.75, 3.05) is 6.54 Å². The average Bonchev–Trinajstić information content (AvgIpc) is 2.00. The van der Waals surface area contributed by atoms with Crippen LogP contribution in [-0.4, -0.2) is 29.6 Å². The van der Waals surface area contributed by atoms with E-state index in [0.29, 0.717) is 6.42 Å². The lowest BCUT2D eigenvalue weighted by molar-refractivity contribution is -0.138. The molecule has 1 amide bonds. The van der Waals surface area contributed by atoms with Gasteiger partial charge in [-0.05, 0) is 6.42 Å². The van der Waals surface area contributed by atoms with E-state index in [1.807, 2.05) is 6.92 Å². The summed E-state index contributed by atoms with van der Waals surface area (Å²) in [6.45, 7) is 1.54. The van der Waals surface area contributed by atoms with Crippen LogP contribution < -0.4 is 11.1 Å². The second kappa shape index (κ2) is 5.54. The van der Waals surface area contributed by atoms with Crippen LogP contribution in [0.15, 0.2) is 0 Å². The molecule has 0 aromatic rings. The minimum absolute atomic E-state index is 0.365. The molecule has 0 aliphatic carbocycles. The smallest absolute Gasteiger partial charge is 0.322 e. The maximum atomic E-state index is 10.9. The summed E-state index contributed by atoms with van der Waals surface area (Å²) >= 11 is 0. The molecule has 5 nitrogen and oxygen atoms in total. The fourth-order valence-corrected chi connectivity index (χ4v) is 0.736. The molecule has 0 bridgehead atoms. The number of carbonyl (C=O) groups excluding carboxylic acids is 1. The number of hydrogen-bond acceptors (Lipinski definition) is 3. The molecule has 5 heteroatoms. The Morgan fingerprint density at radius 2 is 2.17 bits per heavy atom. The third kappa shape index (κ3) is 4.68. The molecule has 0 spiro atoms. The molecule has 0 unspecified atom stereocenters. The van der Waals surface area contributed by atoms with Crippen molar-refractivity contribution in [2.24, 2.45) is 5.73 Å². The number of nitrogens with one attached hydrogen (secondary N) is 1. The van der Waals surface area contributed by atoms with E-state index in [1.54, 1.807) is 0 Å². The molecule has 0 saturated carbocycles. The lowest BCUT2D eigenvalue weighted by atomic mass is 10.2. The molecular weight excluding hydrogens is 160 g/mol. The summed E-state index contributed by atoms with van der Waals surface area (Å²) in [5, 5.41) is 10.4. The highest BCUT2D eigenvalue weighted by molar-refractivity contribution is 5.84. The molecular formula is C7H14N2O3. The van der Waals surface area contributed by atoms with Crippen LogP contribution in [0.2, 0.25) is 0 Å². The topological polar surface area (TPSA) is 92.4 Å². The van der Waals surface area contributed by atoms with Gasteiger partial charge in [-0.2, -0.15) is 0 Å². The highest BCUT2D eigenvalue weighted by Gasteiger charge is 2.12. The van der Waals surface area contributed by atoms with Gasteiger partial charge in [-0.1, -0.05) is 13.3 Å². The van der Waals surface area contributed by atoms with Gasteiger partial charge in [0.25, 0.3) is 0 Å². The Morgan fingerprint density at radius 3 is 2.58 bits per heavy atom. The van der Waals surface area contributed by atoms with Gasteiger partial charge in [-0.3, -0.25) is 9.59 Å². The first kappa shape index (κ1) is 10.9. The summed E-state index contributed by atoms with van der Waals surface area (Å²) in [4.78, 5) is 21.0. The fourth-order valence-electron chi connectivity index (χ4n) is 0.736. The van der Waals surface area contributed by atoms with Crippen LogP contribution in [0.5, 0.6) is 0 Å². The van der Waals surface area contributed by atoms with Gasteiger partial charge in [0.1, 0.15) is 6.54 Å². The maximum Gasteiger partial charge on any atom is 0.322 e. The number of amides is 1. The molecule has 0 rings (SSSR count). The summed E-state index contributed by atoms with van der Waals surface area (Å²) in [5.74, 6) is -1.47. The molecule has 0 aromatic carbocycles. The number of rotatable bonds is 5. The summed E-state index contributed by atoms with van der Waals surface area (Å²) in [7, 11) is 0. The lowest BCUT2D eigenvalue weighted by Gasteiger charge is -2.08. The van der Waals surface area contributed by atoms with E-state index in [0.717, 1.165) is 6.42 Å². The van der Waals surface area contributed by atoms with E-state index in [1.165, 1.54) is 0 Å². The molecule has 0 radical (unpaired) electrons. The predicted octanol–water partition coefficient (Wildman–Crippen LogP) is -0.685. The van der Waals surface area contributed by atoms with Crippen molar-refractivity contribution in [1.82, 2.24) is 5.32 Å². The second-order valence-corrected chi connectivity index (χ2v) is 2.51. The Hall–Kier alpha value is -1.10. The van der Waals surface area contributed by atoms with Crippen molar-refractivity contribution >= 4 is 11.9 Å². The molecule has 1 atom stereocenters. The standard InChI is InChI=1S/C7H14N2O3/c1-2-3-5(8)7(12)9-4-6(10)11/h5H,2-4,8H2,1H3,(H,9,12)(H,10,11)/t5-/m0/s1. The van der Waals surface area contributed by atoms with Crippen molar-refractivity contribution < 1.29 is 14.7 Å². The van der Waals surface area contributed by atoms with E-state index in [4.69, 9.17) is 10.8 Å². The number of carboxylic acids is 1. The first-order valence-electron chi connectivity index (χ1n) is 3.83. The van der Waals surface area contributed by atoms with E-state index >= 15 is 0 Å². The average molecular weight is 174 g/mol. The van der Waals surface area contributed by atoms with Gasteiger partial charge in [0.15, 0.2) is 0 Å². The minimum atomic E-state index is -1.06. The number of hydrogen-bond donors (Lipinski definition) is 3. The van der Waals surface area contributed by atoms with Crippen molar-refractivity contribution in [3.05, 3.63) is 0 Å². The van der Waals surface area contributed by atoms with Crippen LogP contribution in [-0.2, 0) is 9.59 Å². The monoisotopic (exact) mass is 174 g/mol. The molecule has 0 fully saturated rings. The quantitative estimate of drug-likeness (QED) is 0.514. The fraction of sp³-hybridized carbons (Fsp3) is 0.714. The molecule has 0 saturated heterocycles. The third-order valence-electron chi connectivity index (χ3n) is 1.35. The first-order valence-corrected chi connectivity index (χ1v) is 3.83. The van der Waals surface area contributed by atoms with Crippen molar-refractivity contribution in [1.29, 1.82) is 0 Å². The van der Waals surface area contributed by atoms with Crippen molar-refractivity contribution in [3.63, 3.8) is 0 Å². The van der Waals surface area contributed by atoms with Crippen LogP contribution in [0.4, 0.5) is 0 Å². The minimum Gasteiger partial charge on any atom is -0.480 e. The van der Waals surface area contributed by atoms with E-state index in [-0.39, 0.29) is 6.54 Å². The van der Waals surface area contributed by atoms with Gasteiger partial charge in [-0.25, -0.2) is 0 Å². The summed E-state index contributed by atoms with van der Waals surface area (Å²) < 4.78 is 0. The highest BCUT2D eigenvalue weighted by atomic mass is 16.4. The van der Waals surface area contributed by atoms with Gasteiger partial charge in [-0.15, -0.1) is 0 Å². The zero-order valence-electron chi connectivity index (χ0n) is 7.04. The maximum absolute atomic E-state index is 10.9. The van der Waals surface area contributed by atoms with Crippen molar-refractivity contribution in [3.8, 4) is 0 Å². The second-order valence-electron chi connectivity index (χ2n) is 2.51. The summed E-state index contributed by atoms with van der Waals surface area (Å²) in [6, 6.07) is -0.589. The normalized spacial score (nSPS) is 12.2. The van der Waals surface area contributed by atoms with E-state index in [9.17, 15) is 9.59 Å². The lowest BCUT2D eigenvalue weighted by Crippen LogP contribution is -2.42. The van der Waals surface area contributed by atoms with Gasteiger partial charge < -0.3 is 16.2 Å². The largest absolute Gasteiger partial charge is 0.480 e. The van der Waals surface area contributed by atoms with Crippen molar-refractivity contribution in [2.45, 2.75) is 25.8 Å². The molecule has 4 N–H and O–H groups in total. The molecule has 12 heavy (non-hydrogen) atoms. The van der Waals surface area contributed by atoms with Crippen LogP contribution >= 0.6 is 0 Å². The molecule has 0 aromatic heterocycles. The number of aliphatic carboxylic acids is 1. The van der Waals surface area contributed by atoms with Gasteiger partial charge in [0.05, 0.1) is 6.04 Å². The number of carboxylic acid groups (broad SMARTS) is 1. The molecule has 0 aliphatic rings. The molecule has 70 valence electrons. The Morgan fingerprint density at radius 1 is 1.58 bits per heavy atom. The Labute approximate surface area is 70.9 Å². The third-order valence-corrected chi connectivity index (χ3v) is 1.35. The molecule has 0 heterocycles. The summed E-state index contributed by atoms with van der Waals surface area (Å²) in [5.41, 5.74) is 5.41. The Kier molecular flexibility index (Phi) is 5.03. The SMILES string of the molecule is CCC[C@H](N)C(=O)NCC(=O)O. The first-order chi connectivity index (χ1) is 5.57. The van der Waals surface area contributed by atoms with Crippen LogP contribution in [0.1, 0.15) is 19.8 Å². The van der Waals surface area contributed by atoms with Crippen LogP contribution in [0.25, 0.3) is 0 Å². The van der Waals surface area contributed by atoms with E-state index in [2.05, 4.69) is 5.32 Å². The zero-order chi connectivity index (χ0) is 9.56. The number of nitrogens with two attached hydrogens (primary N) is 1. The summed E-state index contributed by atoms with van der Waals surface area (Å²) in [6.07, 6.45) is 1.38. The van der Waals surface area contributed by atoms with Crippen LogP contribution in [0, 0.1) is 0 Å². The Balaban J connectivity index is 3.64. The molecule has 0 aliphatic heterocycles. The highest BCUT2D eigenvalue weighted by Crippen LogP contribution is 1.91. The van der Waals surface area contributed by atoms with Gasteiger partial charge in [0.2, 0.25) is 5.91 Å². The zero-order valence-corrected chi connectivity index (χ0v) is 7.04. The van der Waals surface area contributed by atoms with Gasteiger partial charge >= 0.3 is 5.97 Å². The van der Waals surface area contributed by atoms with Crippen LogP contribution in [0.3, 0.4) is 0 Å².